The second-order valence-electron chi connectivity index (χ2n) is 4.18. The van der Waals surface area contributed by atoms with Crippen molar-refractivity contribution < 1.29 is 21.8 Å². The molecule has 1 aromatic rings. The smallest absolute Gasteiger partial charge is 0.741 e. The zero-order valence-corrected chi connectivity index (χ0v) is 16.0. The Morgan fingerprint density at radius 3 is 2.25 bits per heavy atom. The van der Waals surface area contributed by atoms with Crippen molar-refractivity contribution in [1.29, 1.82) is 0 Å². The summed E-state index contributed by atoms with van der Waals surface area (Å²) in [7, 11) is 1.67. The van der Waals surface area contributed by atoms with Gasteiger partial charge in [-0.05, 0) is 48.4 Å². The predicted molar refractivity (Wildman–Crippen MR) is 100 cm³/mol. The van der Waals surface area contributed by atoms with Crippen molar-refractivity contribution in [2.45, 2.75) is 13.8 Å². The average Bonchev–Trinajstić information content (AvgIpc) is 2.54. The molecule has 1 radical (unpaired) electrons. The van der Waals surface area contributed by atoms with Gasteiger partial charge in [0.25, 0.3) is 0 Å². The van der Waals surface area contributed by atoms with Crippen LogP contribution in [0, 0.1) is 0 Å². The first-order valence-electron chi connectivity index (χ1n) is 6.76. The summed E-state index contributed by atoms with van der Waals surface area (Å²) in [5.41, 5.74) is 7.12. The van der Waals surface area contributed by atoms with E-state index in [1.54, 1.807) is 14.0 Å². The van der Waals surface area contributed by atoms with E-state index < -0.39 is 0 Å². The SMILES string of the molecule is CCOc1ccc(C(=N\N=C(/[S-])NC)/C(C)=N/N=C(/N)[S-])cc1.[Cu+2]. The monoisotopic (exact) mass is 413 g/mol. The number of nitrogens with one attached hydrogen (secondary N) is 1. The number of benzene rings is 1. The minimum absolute atomic E-state index is 0. The molecule has 0 atom stereocenters. The summed E-state index contributed by atoms with van der Waals surface area (Å²) in [6.45, 7) is 4.25. The Balaban J connectivity index is 0.00000529. The van der Waals surface area contributed by atoms with E-state index in [1.807, 2.05) is 31.2 Å². The van der Waals surface area contributed by atoms with Crippen molar-refractivity contribution >= 4 is 47.0 Å². The molecular formula is C14H18CuN6OS2. The molecule has 0 aliphatic carbocycles. The van der Waals surface area contributed by atoms with Crippen LogP contribution in [0.1, 0.15) is 19.4 Å². The summed E-state index contributed by atoms with van der Waals surface area (Å²) in [6, 6.07) is 7.37. The first kappa shape index (κ1) is 22.3. The van der Waals surface area contributed by atoms with Gasteiger partial charge in [0.15, 0.2) is 0 Å². The molecule has 133 valence electrons. The molecular weight excluding hydrogens is 396 g/mol. The number of amidine groups is 2. The van der Waals surface area contributed by atoms with E-state index in [0.29, 0.717) is 18.0 Å². The molecule has 24 heavy (non-hydrogen) atoms. The van der Waals surface area contributed by atoms with Crippen molar-refractivity contribution in [2.75, 3.05) is 13.7 Å². The Kier molecular flexibility index (Phi) is 10.9. The van der Waals surface area contributed by atoms with Gasteiger partial charge in [0.05, 0.1) is 12.3 Å². The van der Waals surface area contributed by atoms with Crippen LogP contribution < -0.4 is 15.8 Å². The third-order valence-electron chi connectivity index (χ3n) is 2.53. The van der Waals surface area contributed by atoms with Gasteiger partial charge in [-0.15, -0.1) is 5.10 Å². The quantitative estimate of drug-likeness (QED) is 0.240. The molecule has 0 heterocycles. The second-order valence-corrected chi connectivity index (χ2v) is 4.99. The summed E-state index contributed by atoms with van der Waals surface area (Å²) in [4.78, 5) is 0. The Morgan fingerprint density at radius 2 is 1.75 bits per heavy atom. The Bertz CT molecular complexity index is 639. The van der Waals surface area contributed by atoms with Gasteiger partial charge in [0.2, 0.25) is 0 Å². The zero-order chi connectivity index (χ0) is 17.2. The zero-order valence-electron chi connectivity index (χ0n) is 13.4. The van der Waals surface area contributed by atoms with Gasteiger partial charge in [-0.25, -0.2) is 0 Å². The van der Waals surface area contributed by atoms with E-state index in [2.05, 4.69) is 38.4 Å². The maximum atomic E-state index is 5.42. The number of hydrogen-bond donors (Lipinski definition) is 2. The van der Waals surface area contributed by atoms with E-state index in [4.69, 9.17) is 23.1 Å². The molecule has 0 bridgehead atoms. The van der Waals surface area contributed by atoms with Gasteiger partial charge in [-0.3, -0.25) is 0 Å². The molecule has 1 rings (SSSR count). The topological polar surface area (TPSA) is 96.7 Å². The van der Waals surface area contributed by atoms with Crippen LogP contribution in [0.3, 0.4) is 0 Å². The van der Waals surface area contributed by atoms with Gasteiger partial charge in [-0.1, -0.05) is 0 Å². The second kappa shape index (κ2) is 11.7. The van der Waals surface area contributed by atoms with Gasteiger partial charge in [0.1, 0.15) is 11.5 Å². The third kappa shape index (κ3) is 7.69. The average molecular weight is 414 g/mol. The number of rotatable bonds is 6. The molecule has 0 aromatic heterocycles. The standard InChI is InChI=1S/C14H20N6OS2.Cu/c1-4-21-11-7-5-10(6-8-11)12(18-20-14(23)16-3)9(2)17-19-13(15)22;/h5-8H,4H2,1-3H3,(H3,15,19,22)(H2,16,20,23);/q;+2/p-2/b17-9+,18-12-;. The van der Waals surface area contributed by atoms with Gasteiger partial charge in [0, 0.05) is 12.6 Å². The first-order valence-corrected chi connectivity index (χ1v) is 7.58. The molecule has 0 unspecified atom stereocenters. The van der Waals surface area contributed by atoms with Crippen molar-refractivity contribution in [3.05, 3.63) is 29.8 Å². The largest absolute Gasteiger partial charge is 2.00 e. The molecule has 0 amide bonds. The Labute approximate surface area is 163 Å². The number of hydrogen-bond acceptors (Lipinski definition) is 7. The fraction of sp³-hybridized carbons (Fsp3) is 0.286. The van der Waals surface area contributed by atoms with E-state index >= 15 is 0 Å². The molecule has 0 aliphatic heterocycles. The van der Waals surface area contributed by atoms with Crippen LogP contribution in [0.5, 0.6) is 5.75 Å². The first-order chi connectivity index (χ1) is 11.0. The fourth-order valence-electron chi connectivity index (χ4n) is 1.53. The molecule has 3 N–H and O–H groups in total. The minimum Gasteiger partial charge on any atom is -0.741 e. The fourth-order valence-corrected chi connectivity index (χ4v) is 1.61. The maximum absolute atomic E-state index is 5.42. The molecule has 10 heteroatoms. The predicted octanol–water partition coefficient (Wildman–Crippen LogP) is 1.15. The number of ether oxygens (including phenoxy) is 1. The third-order valence-corrected chi connectivity index (χ3v) is 2.90. The van der Waals surface area contributed by atoms with E-state index in [-0.39, 0.29) is 27.4 Å². The molecule has 0 saturated heterocycles. The van der Waals surface area contributed by atoms with Crippen LogP contribution in [0.15, 0.2) is 44.7 Å². The van der Waals surface area contributed by atoms with Crippen molar-refractivity contribution in [1.82, 2.24) is 5.32 Å². The molecule has 0 fully saturated rings. The van der Waals surface area contributed by atoms with E-state index in [0.717, 1.165) is 11.3 Å². The van der Waals surface area contributed by atoms with Crippen LogP contribution in [0.4, 0.5) is 0 Å². The van der Waals surface area contributed by atoms with Crippen LogP contribution in [0.25, 0.3) is 0 Å². The van der Waals surface area contributed by atoms with E-state index in [9.17, 15) is 0 Å². The molecule has 0 spiro atoms. The molecule has 1 aromatic carbocycles. The van der Waals surface area contributed by atoms with Crippen LogP contribution in [-0.4, -0.2) is 35.4 Å². The number of nitrogens with two attached hydrogens (primary N) is 1. The van der Waals surface area contributed by atoms with Crippen LogP contribution in [-0.2, 0) is 42.3 Å². The molecule has 0 saturated carbocycles. The molecule has 7 nitrogen and oxygen atoms in total. The molecule has 0 aliphatic rings. The maximum Gasteiger partial charge on any atom is 2.00 e. The number of nitrogens with zero attached hydrogens (tertiary/aromatic N) is 4. The normalized spacial score (nSPS) is 13.3. The van der Waals surface area contributed by atoms with Crippen molar-refractivity contribution in [2.24, 2.45) is 26.1 Å². The summed E-state index contributed by atoms with van der Waals surface area (Å²) in [5, 5.41) is 18.6. The van der Waals surface area contributed by atoms with E-state index in [1.165, 1.54) is 0 Å². The summed E-state index contributed by atoms with van der Waals surface area (Å²) >= 11 is 9.64. The van der Waals surface area contributed by atoms with Gasteiger partial charge >= 0.3 is 17.1 Å². The van der Waals surface area contributed by atoms with Gasteiger partial charge < -0.3 is 41.0 Å². The van der Waals surface area contributed by atoms with Crippen LogP contribution in [0.2, 0.25) is 0 Å². The summed E-state index contributed by atoms with van der Waals surface area (Å²) in [6.07, 6.45) is 0. The van der Waals surface area contributed by atoms with Gasteiger partial charge in [-0.2, -0.15) is 15.3 Å². The Hall–Kier alpha value is -1.74. The van der Waals surface area contributed by atoms with Crippen molar-refractivity contribution in [3.8, 4) is 5.75 Å². The Morgan fingerprint density at radius 1 is 1.12 bits per heavy atom. The minimum atomic E-state index is -0.0573. The van der Waals surface area contributed by atoms with Crippen LogP contribution >= 0.6 is 0 Å². The summed E-state index contributed by atoms with van der Waals surface area (Å²) < 4.78 is 5.42. The summed E-state index contributed by atoms with van der Waals surface area (Å²) in [5.74, 6) is 0.765. The van der Waals surface area contributed by atoms with Crippen molar-refractivity contribution in [3.63, 3.8) is 0 Å².